The fourth-order valence-corrected chi connectivity index (χ4v) is 4.59. The minimum atomic E-state index is -4.15. The van der Waals surface area contributed by atoms with Crippen molar-refractivity contribution in [2.75, 3.05) is 7.11 Å². The normalized spacial score (nSPS) is 19.0. The molecular formula is C21H18ClNO4S. The molecule has 1 unspecified atom stereocenters. The van der Waals surface area contributed by atoms with E-state index < -0.39 is 20.6 Å². The molecule has 1 aliphatic heterocycles. The average Bonchev–Trinajstić information content (AvgIpc) is 3.14. The third kappa shape index (κ3) is 3.53. The first-order valence-corrected chi connectivity index (χ1v) is 10.3. The van der Waals surface area contributed by atoms with Crippen molar-refractivity contribution in [1.29, 1.82) is 0 Å². The Hall–Kier alpha value is -2.70. The number of carbonyl (C=O) groups excluding carboxylic acids is 1. The predicted molar refractivity (Wildman–Crippen MR) is 112 cm³/mol. The van der Waals surface area contributed by atoms with Gasteiger partial charge < -0.3 is 4.74 Å². The van der Waals surface area contributed by atoms with Crippen LogP contribution in [-0.4, -0.2) is 32.5 Å². The first-order chi connectivity index (χ1) is 13.3. The predicted octanol–water partition coefficient (Wildman–Crippen LogP) is 4.07. The lowest BCUT2D eigenvalue weighted by molar-refractivity contribution is -0.140. The molecule has 7 heteroatoms. The zero-order chi connectivity index (χ0) is 20.4. The van der Waals surface area contributed by atoms with Crippen molar-refractivity contribution < 1.29 is 17.9 Å². The molecule has 1 atom stereocenters. The summed E-state index contributed by atoms with van der Waals surface area (Å²) in [4.78, 5) is 16.7. The third-order valence-electron chi connectivity index (χ3n) is 4.47. The van der Waals surface area contributed by atoms with Crippen LogP contribution in [0.2, 0.25) is 5.02 Å². The average molecular weight is 416 g/mol. The Balaban J connectivity index is 2.09. The maximum atomic E-state index is 13.3. The minimum Gasteiger partial charge on any atom is -0.467 e. The Morgan fingerprint density at radius 3 is 2.36 bits per heavy atom. The first-order valence-electron chi connectivity index (χ1n) is 8.39. The smallest absolute Gasteiger partial charge is 0.337 e. The fourth-order valence-electron chi connectivity index (χ4n) is 2.91. The number of methoxy groups -OCH3 is 1. The molecule has 0 radical (unpaired) electrons. The van der Waals surface area contributed by atoms with E-state index in [1.54, 1.807) is 36.4 Å². The van der Waals surface area contributed by atoms with Crippen LogP contribution < -0.4 is 0 Å². The molecule has 28 heavy (non-hydrogen) atoms. The van der Waals surface area contributed by atoms with E-state index in [9.17, 15) is 13.2 Å². The highest BCUT2D eigenvalue weighted by molar-refractivity contribution is 7.97. The summed E-state index contributed by atoms with van der Waals surface area (Å²) in [6.45, 7) is 1.94. The number of aryl methyl sites for hydroxylation is 1. The van der Waals surface area contributed by atoms with Crippen molar-refractivity contribution in [2.45, 2.75) is 11.7 Å². The molecule has 3 rings (SSSR count). The SMILES string of the molecule is COC(=O)C1(S(=O)(=O)/C=C/c2ccc(C)cc2)C=NC=C1c1ccc(Cl)cc1. The Kier molecular flexibility index (Phi) is 5.54. The van der Waals surface area contributed by atoms with Gasteiger partial charge in [-0.15, -0.1) is 0 Å². The van der Waals surface area contributed by atoms with Gasteiger partial charge in [0.2, 0.25) is 4.75 Å². The summed E-state index contributed by atoms with van der Waals surface area (Å²) in [6.07, 6.45) is 3.92. The van der Waals surface area contributed by atoms with Gasteiger partial charge in [0.05, 0.1) is 7.11 Å². The van der Waals surface area contributed by atoms with Gasteiger partial charge >= 0.3 is 5.97 Å². The lowest BCUT2D eigenvalue weighted by Crippen LogP contribution is -2.47. The summed E-state index contributed by atoms with van der Waals surface area (Å²) in [7, 11) is -3.01. The van der Waals surface area contributed by atoms with Crippen LogP contribution in [0, 0.1) is 6.92 Å². The van der Waals surface area contributed by atoms with Gasteiger partial charge in [-0.3, -0.25) is 4.99 Å². The summed E-state index contributed by atoms with van der Waals surface area (Å²) in [5, 5.41) is 1.52. The summed E-state index contributed by atoms with van der Waals surface area (Å²) in [6, 6.07) is 13.9. The minimum absolute atomic E-state index is 0.213. The van der Waals surface area contributed by atoms with Crippen LogP contribution in [0.1, 0.15) is 16.7 Å². The van der Waals surface area contributed by atoms with Crippen LogP contribution in [0.5, 0.6) is 0 Å². The monoisotopic (exact) mass is 415 g/mol. The molecule has 2 aromatic carbocycles. The van der Waals surface area contributed by atoms with Gasteiger partial charge in [-0.2, -0.15) is 0 Å². The lowest BCUT2D eigenvalue weighted by atomic mass is 9.94. The van der Waals surface area contributed by atoms with Gasteiger partial charge in [-0.25, -0.2) is 13.2 Å². The molecule has 0 aromatic heterocycles. The second-order valence-corrected chi connectivity index (χ2v) is 8.76. The molecule has 0 N–H and O–H groups in total. The molecule has 0 fully saturated rings. The molecular weight excluding hydrogens is 398 g/mol. The molecule has 0 saturated carbocycles. The summed E-state index contributed by atoms with van der Waals surface area (Å²) < 4.78 is 29.4. The van der Waals surface area contributed by atoms with Gasteiger partial charge in [-0.05, 0) is 36.3 Å². The molecule has 0 amide bonds. The van der Waals surface area contributed by atoms with E-state index in [-0.39, 0.29) is 5.57 Å². The maximum Gasteiger partial charge on any atom is 0.337 e. The summed E-state index contributed by atoms with van der Waals surface area (Å²) in [5.74, 6) is -0.927. The molecule has 1 aliphatic rings. The van der Waals surface area contributed by atoms with Crippen molar-refractivity contribution >= 4 is 45.3 Å². The van der Waals surface area contributed by atoms with Crippen molar-refractivity contribution in [1.82, 2.24) is 0 Å². The highest BCUT2D eigenvalue weighted by atomic mass is 35.5. The van der Waals surface area contributed by atoms with Crippen LogP contribution in [0.15, 0.2) is 65.1 Å². The molecule has 144 valence electrons. The number of hydrogen-bond donors (Lipinski definition) is 0. The number of nitrogens with zero attached hydrogens (tertiary/aromatic N) is 1. The third-order valence-corrected chi connectivity index (χ3v) is 6.61. The van der Waals surface area contributed by atoms with Crippen LogP contribution in [0.3, 0.4) is 0 Å². The first kappa shape index (κ1) is 20.0. The van der Waals surface area contributed by atoms with Crippen molar-refractivity contribution in [2.24, 2.45) is 4.99 Å². The maximum absolute atomic E-state index is 13.3. The van der Waals surface area contributed by atoms with Crippen LogP contribution in [0.25, 0.3) is 11.6 Å². The Labute approximate surface area is 168 Å². The van der Waals surface area contributed by atoms with Gasteiger partial charge in [0.25, 0.3) is 0 Å². The molecule has 0 aliphatic carbocycles. The Bertz CT molecular complexity index is 1080. The van der Waals surface area contributed by atoms with E-state index in [4.69, 9.17) is 16.3 Å². The standard InChI is InChI=1S/C21H18ClNO4S/c1-15-3-5-16(6-4-15)11-12-28(25,26)21(20(24)27-2)14-23-13-19(21)17-7-9-18(22)10-8-17/h3-14H,1-2H3/b12-11+. The van der Waals surface area contributed by atoms with Gasteiger partial charge in [0, 0.05) is 28.4 Å². The number of aliphatic imine (C=N–C) groups is 1. The number of ether oxygens (including phenoxy) is 1. The molecule has 0 saturated heterocycles. The number of esters is 1. The Morgan fingerprint density at radius 1 is 1.11 bits per heavy atom. The molecule has 0 spiro atoms. The van der Waals surface area contributed by atoms with E-state index in [0.29, 0.717) is 16.1 Å². The van der Waals surface area contributed by atoms with Gasteiger partial charge in [-0.1, -0.05) is 53.6 Å². The second kappa shape index (κ2) is 7.73. The van der Waals surface area contributed by atoms with Crippen LogP contribution in [0.4, 0.5) is 0 Å². The van der Waals surface area contributed by atoms with Crippen molar-refractivity contribution in [3.63, 3.8) is 0 Å². The van der Waals surface area contributed by atoms with Gasteiger partial charge in [0.1, 0.15) is 0 Å². The molecule has 1 heterocycles. The summed E-state index contributed by atoms with van der Waals surface area (Å²) in [5.41, 5.74) is 2.48. The van der Waals surface area contributed by atoms with E-state index in [2.05, 4.69) is 4.99 Å². The van der Waals surface area contributed by atoms with Crippen molar-refractivity contribution in [3.05, 3.63) is 81.9 Å². The number of sulfone groups is 1. The van der Waals surface area contributed by atoms with E-state index >= 15 is 0 Å². The van der Waals surface area contributed by atoms with E-state index in [1.165, 1.54) is 12.3 Å². The highest BCUT2D eigenvalue weighted by Crippen LogP contribution is 2.39. The van der Waals surface area contributed by atoms with Gasteiger partial charge in [0.15, 0.2) is 9.84 Å². The number of hydrogen-bond acceptors (Lipinski definition) is 5. The zero-order valence-electron chi connectivity index (χ0n) is 15.3. The zero-order valence-corrected chi connectivity index (χ0v) is 16.9. The lowest BCUT2D eigenvalue weighted by Gasteiger charge is -2.25. The Morgan fingerprint density at radius 2 is 1.75 bits per heavy atom. The number of rotatable bonds is 5. The largest absolute Gasteiger partial charge is 0.467 e. The molecule has 0 bridgehead atoms. The van der Waals surface area contributed by atoms with Crippen LogP contribution >= 0.6 is 11.6 Å². The number of benzene rings is 2. The number of halogens is 1. The van der Waals surface area contributed by atoms with Crippen LogP contribution in [-0.2, 0) is 19.4 Å². The fraction of sp³-hybridized carbons (Fsp3) is 0.143. The topological polar surface area (TPSA) is 72.8 Å². The van der Waals surface area contributed by atoms with Crippen molar-refractivity contribution in [3.8, 4) is 0 Å². The van der Waals surface area contributed by atoms with E-state index in [1.807, 2.05) is 19.1 Å². The van der Waals surface area contributed by atoms with E-state index in [0.717, 1.165) is 24.3 Å². The quantitative estimate of drug-likeness (QED) is 0.690. The molecule has 2 aromatic rings. The summed E-state index contributed by atoms with van der Waals surface area (Å²) >= 11 is 5.93. The molecule has 5 nitrogen and oxygen atoms in total. The number of carbonyl (C=O) groups is 1. The second-order valence-electron chi connectivity index (χ2n) is 6.31. The highest BCUT2D eigenvalue weighted by Gasteiger charge is 2.55.